The first kappa shape index (κ1) is 35.4. The Morgan fingerprint density at radius 2 is 1.80 bits per heavy atom. The number of aromatic nitrogens is 2. The van der Waals surface area contributed by atoms with Gasteiger partial charge in [-0.1, -0.05) is 80.4 Å². The van der Waals surface area contributed by atoms with E-state index in [-0.39, 0.29) is 5.54 Å². The lowest BCUT2D eigenvalue weighted by molar-refractivity contribution is 0.349. The summed E-state index contributed by atoms with van der Waals surface area (Å²) in [4.78, 5) is 21.4. The molecule has 0 saturated carbocycles. The number of benzene rings is 2. The van der Waals surface area contributed by atoms with Gasteiger partial charge in [0.1, 0.15) is 0 Å². The molecule has 3 aromatic rings. The fourth-order valence-electron chi connectivity index (χ4n) is 6.11. The molecular weight excluding hydrogens is 588 g/mol. The van der Waals surface area contributed by atoms with Crippen molar-refractivity contribution in [2.45, 2.75) is 91.6 Å². The van der Waals surface area contributed by atoms with Gasteiger partial charge in [-0.05, 0) is 90.7 Å². The average Bonchev–Trinajstić information content (AvgIpc) is 3.56. The molecule has 7 heteroatoms. The van der Waals surface area contributed by atoms with E-state index in [1.54, 1.807) is 6.20 Å². The normalized spacial score (nSPS) is 14.6. The van der Waals surface area contributed by atoms with Gasteiger partial charge >= 0.3 is 0 Å². The smallest absolute Gasteiger partial charge is 0.0898 e. The zero-order chi connectivity index (χ0) is 33.1. The summed E-state index contributed by atoms with van der Waals surface area (Å²) in [5.74, 6) is 0. The molecule has 244 valence electrons. The van der Waals surface area contributed by atoms with E-state index in [9.17, 15) is 0 Å². The SMILES string of the molecule is C=N/C=C(\N=C(C)CCN1CCCC1)c1cccc(-c2cccc(-c3cnc(CNC(C)(C)CC(=C)CCC)c(CC)n3)c2)c1Cl. The van der Waals surface area contributed by atoms with Crippen molar-refractivity contribution in [3.8, 4) is 22.4 Å². The number of halogens is 1. The summed E-state index contributed by atoms with van der Waals surface area (Å²) in [5, 5.41) is 4.32. The average molecular weight is 639 g/mol. The standard InChI is InChI=1S/C39H51ClN6/c1-8-14-28(3)24-39(5,6)43-27-37-34(9-2)45-35(26-42-37)31-16-12-15-30(23-31)32-17-13-18-33(38(32)40)36(25-41-7)44-29(4)19-22-46-20-10-11-21-46/h12-13,15-18,23,25-26,43H,3,7-11,14,19-22,24,27H2,1-2,4-6H3/b36-25-,44-29?. The Labute approximate surface area is 281 Å². The van der Waals surface area contributed by atoms with E-state index in [0.717, 1.165) is 89.4 Å². The zero-order valence-electron chi connectivity index (χ0n) is 28.5. The van der Waals surface area contributed by atoms with E-state index >= 15 is 0 Å². The van der Waals surface area contributed by atoms with Crippen molar-refractivity contribution in [2.24, 2.45) is 9.98 Å². The minimum absolute atomic E-state index is 0.0614. The molecule has 2 aromatic carbocycles. The van der Waals surface area contributed by atoms with Crippen LogP contribution < -0.4 is 5.32 Å². The third-order valence-electron chi connectivity index (χ3n) is 8.55. The molecule has 0 radical (unpaired) electrons. The summed E-state index contributed by atoms with van der Waals surface area (Å²) in [7, 11) is 0. The van der Waals surface area contributed by atoms with Crippen molar-refractivity contribution in [3.63, 3.8) is 0 Å². The highest BCUT2D eigenvalue weighted by atomic mass is 35.5. The quantitative estimate of drug-likeness (QED) is 0.125. The van der Waals surface area contributed by atoms with Gasteiger partial charge in [-0.25, -0.2) is 4.98 Å². The topological polar surface area (TPSA) is 65.8 Å². The van der Waals surface area contributed by atoms with Gasteiger partial charge in [-0.2, -0.15) is 0 Å². The van der Waals surface area contributed by atoms with Crippen molar-refractivity contribution in [3.05, 3.63) is 89.0 Å². The number of rotatable bonds is 16. The Kier molecular flexibility index (Phi) is 13.0. The number of aryl methyl sites for hydroxylation is 1. The zero-order valence-corrected chi connectivity index (χ0v) is 29.3. The molecule has 0 bridgehead atoms. The van der Waals surface area contributed by atoms with Crippen molar-refractivity contribution in [1.82, 2.24) is 20.2 Å². The van der Waals surface area contributed by atoms with Crippen LogP contribution in [0.4, 0.5) is 0 Å². The van der Waals surface area contributed by atoms with Crippen molar-refractivity contribution in [1.29, 1.82) is 0 Å². The van der Waals surface area contributed by atoms with Crippen LogP contribution in [0.3, 0.4) is 0 Å². The van der Waals surface area contributed by atoms with Crippen LogP contribution in [-0.4, -0.2) is 52.5 Å². The molecule has 4 rings (SSSR count). The number of nitrogens with zero attached hydrogens (tertiary/aromatic N) is 5. The predicted octanol–water partition coefficient (Wildman–Crippen LogP) is 9.59. The maximum absolute atomic E-state index is 7.10. The van der Waals surface area contributed by atoms with Crippen LogP contribution in [0.1, 0.15) is 90.1 Å². The van der Waals surface area contributed by atoms with Gasteiger partial charge in [-0.15, -0.1) is 0 Å². The summed E-state index contributed by atoms with van der Waals surface area (Å²) >= 11 is 7.10. The van der Waals surface area contributed by atoms with Crippen molar-refractivity contribution in [2.75, 3.05) is 19.6 Å². The van der Waals surface area contributed by atoms with Crippen LogP contribution in [0.2, 0.25) is 5.02 Å². The molecule has 2 heterocycles. The van der Waals surface area contributed by atoms with Gasteiger partial charge in [0, 0.05) is 41.0 Å². The van der Waals surface area contributed by atoms with E-state index in [1.165, 1.54) is 31.5 Å². The third kappa shape index (κ3) is 9.78. The van der Waals surface area contributed by atoms with Gasteiger partial charge in [0.05, 0.1) is 40.2 Å². The van der Waals surface area contributed by atoms with Crippen molar-refractivity contribution < 1.29 is 0 Å². The first-order chi connectivity index (χ1) is 22.1. The lowest BCUT2D eigenvalue weighted by atomic mass is 9.93. The molecule has 0 atom stereocenters. The summed E-state index contributed by atoms with van der Waals surface area (Å²) in [5.41, 5.74) is 9.60. The van der Waals surface area contributed by atoms with E-state index in [1.807, 2.05) is 30.5 Å². The van der Waals surface area contributed by atoms with Crippen LogP contribution in [-0.2, 0) is 13.0 Å². The fraction of sp³-hybridized carbons (Fsp3) is 0.436. The van der Waals surface area contributed by atoms with Crippen LogP contribution >= 0.6 is 11.6 Å². The van der Waals surface area contributed by atoms with Gasteiger partial charge in [0.15, 0.2) is 0 Å². The van der Waals surface area contributed by atoms with Crippen LogP contribution in [0.15, 0.2) is 77.0 Å². The molecule has 0 spiro atoms. The van der Waals surface area contributed by atoms with Crippen LogP contribution in [0.5, 0.6) is 0 Å². The number of hydrogen-bond acceptors (Lipinski definition) is 6. The van der Waals surface area contributed by atoms with E-state index in [2.05, 4.69) is 81.3 Å². The lowest BCUT2D eigenvalue weighted by Gasteiger charge is -2.27. The Hall–Kier alpha value is -3.45. The van der Waals surface area contributed by atoms with Crippen molar-refractivity contribution >= 4 is 29.7 Å². The molecule has 6 nitrogen and oxygen atoms in total. The molecule has 1 aliphatic heterocycles. The monoisotopic (exact) mass is 638 g/mol. The van der Waals surface area contributed by atoms with Gasteiger partial charge < -0.3 is 10.2 Å². The Bertz CT molecular complexity index is 1560. The molecule has 1 saturated heterocycles. The fourth-order valence-corrected chi connectivity index (χ4v) is 6.44. The maximum Gasteiger partial charge on any atom is 0.0898 e. The molecule has 1 N–H and O–H groups in total. The molecule has 1 aliphatic rings. The number of likely N-dealkylation sites (tertiary alicyclic amines) is 1. The molecule has 46 heavy (non-hydrogen) atoms. The molecule has 1 fully saturated rings. The molecular formula is C39H51ClN6. The Balaban J connectivity index is 1.55. The first-order valence-corrected chi connectivity index (χ1v) is 17.1. The van der Waals surface area contributed by atoms with Crippen LogP contribution in [0, 0.1) is 0 Å². The second-order valence-electron chi connectivity index (χ2n) is 13.0. The van der Waals surface area contributed by atoms with Gasteiger partial charge in [0.2, 0.25) is 0 Å². The highest BCUT2D eigenvalue weighted by Gasteiger charge is 2.20. The minimum atomic E-state index is -0.0614. The molecule has 0 unspecified atom stereocenters. The lowest BCUT2D eigenvalue weighted by Crippen LogP contribution is -2.39. The number of nitrogens with one attached hydrogen (secondary N) is 1. The molecule has 1 aromatic heterocycles. The summed E-state index contributed by atoms with van der Waals surface area (Å²) in [6, 6.07) is 14.4. The number of aliphatic imine (C=N–C) groups is 2. The molecule has 0 amide bonds. The van der Waals surface area contributed by atoms with Gasteiger partial charge in [-0.3, -0.25) is 15.0 Å². The molecule has 0 aliphatic carbocycles. The Morgan fingerprint density at radius 3 is 2.52 bits per heavy atom. The first-order valence-electron chi connectivity index (χ1n) is 16.7. The van der Waals surface area contributed by atoms with E-state index in [4.69, 9.17) is 26.6 Å². The maximum atomic E-state index is 7.10. The number of hydrogen-bond donors (Lipinski definition) is 1. The second-order valence-corrected chi connectivity index (χ2v) is 13.4. The summed E-state index contributed by atoms with van der Waals surface area (Å²) in [6.07, 6.45) is 11.0. The Morgan fingerprint density at radius 1 is 1.07 bits per heavy atom. The minimum Gasteiger partial charge on any atom is -0.306 e. The summed E-state index contributed by atoms with van der Waals surface area (Å²) in [6.45, 7) is 22.9. The largest absolute Gasteiger partial charge is 0.306 e. The predicted molar refractivity (Wildman–Crippen MR) is 198 cm³/mol. The summed E-state index contributed by atoms with van der Waals surface area (Å²) < 4.78 is 0. The van der Waals surface area contributed by atoms with Gasteiger partial charge in [0.25, 0.3) is 0 Å². The van der Waals surface area contributed by atoms with Crippen LogP contribution in [0.25, 0.3) is 28.1 Å². The van der Waals surface area contributed by atoms with E-state index in [0.29, 0.717) is 11.6 Å². The highest BCUT2D eigenvalue weighted by molar-refractivity contribution is 6.35. The van der Waals surface area contributed by atoms with E-state index < -0.39 is 0 Å². The second kappa shape index (κ2) is 16.9. The third-order valence-corrected chi connectivity index (χ3v) is 8.96. The highest BCUT2D eigenvalue weighted by Crippen LogP contribution is 2.36.